The Morgan fingerprint density at radius 2 is 2.20 bits per heavy atom. The van der Waals surface area contributed by atoms with E-state index in [1.54, 1.807) is 0 Å². The van der Waals surface area contributed by atoms with Crippen LogP contribution in [0, 0.1) is 0 Å². The van der Waals surface area contributed by atoms with Gasteiger partial charge in [0.1, 0.15) is 6.61 Å². The zero-order valence-corrected chi connectivity index (χ0v) is 6.05. The van der Waals surface area contributed by atoms with Crippen LogP contribution >= 0.6 is 7.82 Å². The SMILES string of the molecule is COP(=O)(O)OCC(F)F. The van der Waals surface area contributed by atoms with Crippen LogP contribution in [-0.2, 0) is 13.6 Å². The summed E-state index contributed by atoms with van der Waals surface area (Å²) in [6.07, 6.45) is -2.77. The number of hydrogen-bond donors (Lipinski definition) is 1. The molecule has 4 nitrogen and oxygen atoms in total. The lowest BCUT2D eigenvalue weighted by Gasteiger charge is -2.07. The van der Waals surface area contributed by atoms with Crippen molar-refractivity contribution < 1.29 is 27.3 Å². The van der Waals surface area contributed by atoms with Crippen LogP contribution in [-0.4, -0.2) is 25.0 Å². The minimum atomic E-state index is -4.21. The van der Waals surface area contributed by atoms with Gasteiger partial charge in [-0.15, -0.1) is 0 Å². The van der Waals surface area contributed by atoms with Crippen molar-refractivity contribution in [1.82, 2.24) is 0 Å². The Kier molecular flexibility index (Phi) is 3.96. The van der Waals surface area contributed by atoms with Crippen molar-refractivity contribution in [3.8, 4) is 0 Å². The van der Waals surface area contributed by atoms with E-state index in [2.05, 4.69) is 9.05 Å². The van der Waals surface area contributed by atoms with E-state index in [9.17, 15) is 13.3 Å². The summed E-state index contributed by atoms with van der Waals surface area (Å²) >= 11 is 0. The van der Waals surface area contributed by atoms with E-state index < -0.39 is 20.9 Å². The summed E-state index contributed by atoms with van der Waals surface area (Å²) in [6, 6.07) is 0. The van der Waals surface area contributed by atoms with Gasteiger partial charge in [-0.05, 0) is 0 Å². The molecule has 0 aliphatic rings. The molecule has 0 aromatic carbocycles. The number of rotatable bonds is 4. The van der Waals surface area contributed by atoms with Crippen molar-refractivity contribution in [3.63, 3.8) is 0 Å². The first-order chi connectivity index (χ1) is 4.48. The summed E-state index contributed by atoms with van der Waals surface area (Å²) in [5.41, 5.74) is 0. The van der Waals surface area contributed by atoms with Crippen LogP contribution in [0.25, 0.3) is 0 Å². The molecule has 0 bridgehead atoms. The first kappa shape index (κ1) is 9.97. The van der Waals surface area contributed by atoms with Gasteiger partial charge in [-0.1, -0.05) is 0 Å². The number of phosphoric ester groups is 1. The molecule has 0 aliphatic carbocycles. The normalized spacial score (nSPS) is 17.3. The molecular formula is C3H7F2O4P. The van der Waals surface area contributed by atoms with Crippen LogP contribution in [0.3, 0.4) is 0 Å². The minimum absolute atomic E-state index is 0.895. The Bertz CT molecular complexity index is 138. The van der Waals surface area contributed by atoms with E-state index >= 15 is 0 Å². The molecule has 0 saturated heterocycles. The number of hydrogen-bond acceptors (Lipinski definition) is 3. The average Bonchev–Trinajstić information content (AvgIpc) is 1.85. The lowest BCUT2D eigenvalue weighted by atomic mass is 10.8. The maximum atomic E-state index is 11.3. The quantitative estimate of drug-likeness (QED) is 0.649. The van der Waals surface area contributed by atoms with Crippen molar-refractivity contribution in [1.29, 1.82) is 0 Å². The predicted octanol–water partition coefficient (Wildman–Crippen LogP) is 1.01. The van der Waals surface area contributed by atoms with Crippen molar-refractivity contribution >= 4 is 7.82 Å². The summed E-state index contributed by atoms with van der Waals surface area (Å²) in [5.74, 6) is 0. The Balaban J connectivity index is 3.58. The van der Waals surface area contributed by atoms with E-state index in [-0.39, 0.29) is 0 Å². The number of halogens is 2. The van der Waals surface area contributed by atoms with Gasteiger partial charge in [0.25, 0.3) is 6.43 Å². The molecule has 0 amide bonds. The Morgan fingerprint density at radius 1 is 1.70 bits per heavy atom. The van der Waals surface area contributed by atoms with Crippen LogP contribution < -0.4 is 0 Å². The van der Waals surface area contributed by atoms with Crippen molar-refractivity contribution in [3.05, 3.63) is 0 Å². The molecular weight excluding hydrogens is 169 g/mol. The zero-order valence-electron chi connectivity index (χ0n) is 5.16. The molecule has 1 N–H and O–H groups in total. The lowest BCUT2D eigenvalue weighted by Crippen LogP contribution is -2.02. The summed E-state index contributed by atoms with van der Waals surface area (Å²) in [4.78, 5) is 8.35. The van der Waals surface area contributed by atoms with Crippen LogP contribution in [0.4, 0.5) is 8.78 Å². The van der Waals surface area contributed by atoms with Gasteiger partial charge in [0.2, 0.25) is 0 Å². The number of alkyl halides is 2. The zero-order chi connectivity index (χ0) is 8.20. The van der Waals surface area contributed by atoms with Crippen LogP contribution in [0.2, 0.25) is 0 Å². The van der Waals surface area contributed by atoms with Gasteiger partial charge in [0, 0.05) is 7.11 Å². The van der Waals surface area contributed by atoms with Gasteiger partial charge in [0.05, 0.1) is 0 Å². The number of phosphoric acid groups is 1. The molecule has 0 rings (SSSR count). The third kappa shape index (κ3) is 4.81. The topological polar surface area (TPSA) is 55.8 Å². The van der Waals surface area contributed by atoms with Crippen molar-refractivity contribution in [2.45, 2.75) is 6.43 Å². The van der Waals surface area contributed by atoms with E-state index in [0.717, 1.165) is 7.11 Å². The van der Waals surface area contributed by atoms with E-state index in [1.165, 1.54) is 0 Å². The first-order valence-electron chi connectivity index (χ1n) is 2.29. The molecule has 0 fully saturated rings. The maximum absolute atomic E-state index is 11.3. The molecule has 62 valence electrons. The lowest BCUT2D eigenvalue weighted by molar-refractivity contribution is 0.0587. The van der Waals surface area contributed by atoms with Crippen molar-refractivity contribution in [2.24, 2.45) is 0 Å². The first-order valence-corrected chi connectivity index (χ1v) is 3.78. The Hall–Kier alpha value is -0.0300. The fourth-order valence-corrected chi connectivity index (χ4v) is 0.610. The fraction of sp³-hybridized carbons (Fsp3) is 1.00. The summed E-state index contributed by atoms with van der Waals surface area (Å²) in [6.45, 7) is -1.10. The van der Waals surface area contributed by atoms with Crippen LogP contribution in [0.15, 0.2) is 0 Å². The highest BCUT2D eigenvalue weighted by Gasteiger charge is 2.20. The molecule has 0 aliphatic heterocycles. The smallest absolute Gasteiger partial charge is 0.303 e. The second kappa shape index (κ2) is 3.98. The highest BCUT2D eigenvalue weighted by molar-refractivity contribution is 7.47. The molecule has 1 unspecified atom stereocenters. The largest absolute Gasteiger partial charge is 0.472 e. The Labute approximate surface area is 56.4 Å². The maximum Gasteiger partial charge on any atom is 0.472 e. The van der Waals surface area contributed by atoms with E-state index in [4.69, 9.17) is 4.89 Å². The second-order valence-electron chi connectivity index (χ2n) is 1.34. The molecule has 7 heteroatoms. The van der Waals surface area contributed by atoms with Gasteiger partial charge >= 0.3 is 7.82 Å². The highest BCUT2D eigenvalue weighted by Crippen LogP contribution is 2.41. The van der Waals surface area contributed by atoms with Crippen LogP contribution in [0.5, 0.6) is 0 Å². The average molecular weight is 176 g/mol. The molecule has 0 heterocycles. The van der Waals surface area contributed by atoms with Crippen molar-refractivity contribution in [2.75, 3.05) is 13.7 Å². The van der Waals surface area contributed by atoms with E-state index in [0.29, 0.717) is 0 Å². The highest BCUT2D eigenvalue weighted by atomic mass is 31.2. The third-order valence-electron chi connectivity index (χ3n) is 0.594. The third-order valence-corrected chi connectivity index (χ3v) is 1.53. The van der Waals surface area contributed by atoms with Gasteiger partial charge in [-0.2, -0.15) is 0 Å². The van der Waals surface area contributed by atoms with Gasteiger partial charge in [0.15, 0.2) is 0 Å². The van der Waals surface area contributed by atoms with E-state index in [1.807, 2.05) is 0 Å². The minimum Gasteiger partial charge on any atom is -0.303 e. The molecule has 0 spiro atoms. The fourth-order valence-electron chi connectivity index (χ4n) is 0.203. The van der Waals surface area contributed by atoms with Gasteiger partial charge in [-0.3, -0.25) is 9.05 Å². The second-order valence-corrected chi connectivity index (χ2v) is 2.90. The molecule has 0 aromatic rings. The predicted molar refractivity (Wildman–Crippen MR) is 28.8 cm³/mol. The molecule has 0 aromatic heterocycles. The molecule has 0 radical (unpaired) electrons. The Morgan fingerprint density at radius 3 is 2.50 bits per heavy atom. The van der Waals surface area contributed by atoms with Crippen LogP contribution in [0.1, 0.15) is 0 Å². The monoisotopic (exact) mass is 176 g/mol. The molecule has 0 saturated carbocycles. The summed E-state index contributed by atoms with van der Waals surface area (Å²) in [5, 5.41) is 0. The molecule has 1 atom stereocenters. The standard InChI is InChI=1S/C3H7F2O4P/c1-8-10(6,7)9-2-3(4)5/h3H,2H2,1H3,(H,6,7). The molecule has 10 heavy (non-hydrogen) atoms. The van der Waals surface area contributed by atoms with Gasteiger partial charge in [-0.25, -0.2) is 13.3 Å². The summed E-state index contributed by atoms with van der Waals surface area (Å²) in [7, 11) is -3.31. The van der Waals surface area contributed by atoms with Gasteiger partial charge < -0.3 is 4.89 Å². The summed E-state index contributed by atoms with van der Waals surface area (Å²) < 4.78 is 40.5.